The highest BCUT2D eigenvalue weighted by molar-refractivity contribution is 6.31. The maximum atomic E-state index is 11.9. The minimum absolute atomic E-state index is 0.403. The second-order valence-corrected chi connectivity index (χ2v) is 4.75. The zero-order valence-electron chi connectivity index (χ0n) is 9.97. The molecule has 0 atom stereocenters. The molecular formula is C14H11ClN2O2. The quantitative estimate of drug-likeness (QED) is 0.731. The van der Waals surface area contributed by atoms with Gasteiger partial charge in [0.1, 0.15) is 0 Å². The molecular weight excluding hydrogens is 264 g/mol. The van der Waals surface area contributed by atoms with E-state index in [-0.39, 0.29) is 0 Å². The number of hydrogen-bond acceptors (Lipinski definition) is 3. The van der Waals surface area contributed by atoms with Crippen LogP contribution in [0.15, 0.2) is 51.7 Å². The van der Waals surface area contributed by atoms with E-state index in [0.29, 0.717) is 22.8 Å². The highest BCUT2D eigenvalue weighted by atomic mass is 35.5. The molecule has 2 N–H and O–H groups in total. The first-order valence-corrected chi connectivity index (χ1v) is 6.14. The van der Waals surface area contributed by atoms with E-state index in [1.54, 1.807) is 28.8 Å². The largest absolute Gasteiger partial charge is 0.420 e. The molecule has 0 saturated carbocycles. The number of nitrogens with zero attached hydrogens (tertiary/aromatic N) is 1. The van der Waals surface area contributed by atoms with E-state index in [1.807, 2.05) is 18.2 Å². The molecule has 0 bridgehead atoms. The van der Waals surface area contributed by atoms with Gasteiger partial charge in [0, 0.05) is 16.8 Å². The van der Waals surface area contributed by atoms with Crippen molar-refractivity contribution in [2.24, 2.45) is 0 Å². The predicted molar refractivity (Wildman–Crippen MR) is 75.4 cm³/mol. The van der Waals surface area contributed by atoms with Gasteiger partial charge in [-0.2, -0.15) is 0 Å². The van der Waals surface area contributed by atoms with E-state index in [4.69, 9.17) is 21.8 Å². The molecule has 0 saturated heterocycles. The van der Waals surface area contributed by atoms with E-state index in [2.05, 4.69) is 0 Å². The van der Waals surface area contributed by atoms with Crippen molar-refractivity contribution in [3.8, 4) is 0 Å². The lowest BCUT2D eigenvalue weighted by molar-refractivity contribution is 0.518. The van der Waals surface area contributed by atoms with Gasteiger partial charge >= 0.3 is 5.76 Å². The Morgan fingerprint density at radius 2 is 2.05 bits per heavy atom. The highest BCUT2D eigenvalue weighted by Crippen LogP contribution is 2.19. The first kappa shape index (κ1) is 11.9. The molecule has 0 amide bonds. The Hall–Kier alpha value is -2.20. The third-order valence-electron chi connectivity index (χ3n) is 2.92. The van der Waals surface area contributed by atoms with Gasteiger partial charge < -0.3 is 10.2 Å². The van der Waals surface area contributed by atoms with Crippen LogP contribution in [0.3, 0.4) is 0 Å². The molecule has 0 aliphatic heterocycles. The molecule has 0 fully saturated rings. The average Bonchev–Trinajstić information content (AvgIpc) is 2.65. The van der Waals surface area contributed by atoms with Crippen LogP contribution >= 0.6 is 11.6 Å². The van der Waals surface area contributed by atoms with Gasteiger partial charge in [-0.05, 0) is 29.8 Å². The average molecular weight is 275 g/mol. The summed E-state index contributed by atoms with van der Waals surface area (Å²) in [6, 6.07) is 12.5. The molecule has 96 valence electrons. The van der Waals surface area contributed by atoms with E-state index in [9.17, 15) is 4.79 Å². The van der Waals surface area contributed by atoms with E-state index >= 15 is 0 Å². The van der Waals surface area contributed by atoms with E-state index < -0.39 is 5.76 Å². The van der Waals surface area contributed by atoms with E-state index in [0.717, 1.165) is 11.1 Å². The number of oxazole rings is 1. The summed E-state index contributed by atoms with van der Waals surface area (Å²) >= 11 is 5.87. The number of nitrogens with two attached hydrogens (primary N) is 1. The van der Waals surface area contributed by atoms with Crippen LogP contribution in [0.5, 0.6) is 0 Å². The normalized spacial score (nSPS) is 11.0. The molecule has 0 aliphatic carbocycles. The summed E-state index contributed by atoms with van der Waals surface area (Å²) in [7, 11) is 0. The molecule has 0 radical (unpaired) electrons. The van der Waals surface area contributed by atoms with Gasteiger partial charge in [-0.15, -0.1) is 0 Å². The SMILES string of the molecule is Nc1cccc(Cn2c(=O)oc3cc(Cl)ccc32)c1. The van der Waals surface area contributed by atoms with Crippen LogP contribution < -0.4 is 11.5 Å². The lowest BCUT2D eigenvalue weighted by Crippen LogP contribution is -2.14. The van der Waals surface area contributed by atoms with Crippen LogP contribution in [0.2, 0.25) is 5.02 Å². The standard InChI is InChI=1S/C14H11ClN2O2/c15-10-4-5-12-13(7-10)19-14(18)17(12)8-9-2-1-3-11(16)6-9/h1-7H,8,16H2. The summed E-state index contributed by atoms with van der Waals surface area (Å²) in [4.78, 5) is 11.9. The van der Waals surface area contributed by atoms with Crippen molar-refractivity contribution < 1.29 is 4.42 Å². The van der Waals surface area contributed by atoms with Gasteiger partial charge in [0.05, 0.1) is 12.1 Å². The summed E-state index contributed by atoms with van der Waals surface area (Å²) in [6.45, 7) is 0.415. The smallest absolute Gasteiger partial charge is 0.408 e. The fraction of sp³-hybridized carbons (Fsp3) is 0.0714. The molecule has 0 unspecified atom stereocenters. The number of benzene rings is 2. The minimum Gasteiger partial charge on any atom is -0.408 e. The molecule has 5 heteroatoms. The summed E-state index contributed by atoms with van der Waals surface area (Å²) in [6.07, 6.45) is 0. The van der Waals surface area contributed by atoms with Gasteiger partial charge in [0.15, 0.2) is 5.58 Å². The zero-order valence-corrected chi connectivity index (χ0v) is 10.7. The monoisotopic (exact) mass is 274 g/mol. The molecule has 1 aromatic heterocycles. The molecule has 2 aromatic carbocycles. The summed E-state index contributed by atoms with van der Waals surface area (Å²) in [5.41, 5.74) is 8.55. The van der Waals surface area contributed by atoms with Gasteiger partial charge in [-0.25, -0.2) is 4.79 Å². The van der Waals surface area contributed by atoms with Crippen molar-refractivity contribution in [1.29, 1.82) is 0 Å². The number of aromatic nitrogens is 1. The predicted octanol–water partition coefficient (Wildman–Crippen LogP) is 2.88. The Kier molecular flexibility index (Phi) is 2.80. The third-order valence-corrected chi connectivity index (χ3v) is 3.16. The third kappa shape index (κ3) is 2.22. The van der Waals surface area contributed by atoms with Crippen molar-refractivity contribution >= 4 is 28.4 Å². The van der Waals surface area contributed by atoms with Gasteiger partial charge in [-0.1, -0.05) is 23.7 Å². The number of rotatable bonds is 2. The molecule has 3 aromatic rings. The van der Waals surface area contributed by atoms with Crippen molar-refractivity contribution in [3.05, 3.63) is 63.6 Å². The Balaban J connectivity index is 2.10. The Bertz CT molecular complexity index is 805. The lowest BCUT2D eigenvalue weighted by atomic mass is 10.2. The molecule has 3 rings (SSSR count). The molecule has 1 heterocycles. The lowest BCUT2D eigenvalue weighted by Gasteiger charge is -2.03. The van der Waals surface area contributed by atoms with Crippen LogP contribution in [0.25, 0.3) is 11.1 Å². The van der Waals surface area contributed by atoms with Gasteiger partial charge in [-0.3, -0.25) is 4.57 Å². The highest BCUT2D eigenvalue weighted by Gasteiger charge is 2.10. The van der Waals surface area contributed by atoms with E-state index in [1.165, 1.54) is 0 Å². The molecule has 0 spiro atoms. The summed E-state index contributed by atoms with van der Waals surface area (Å²) in [5, 5.41) is 0.539. The molecule has 19 heavy (non-hydrogen) atoms. The first-order chi connectivity index (χ1) is 9.13. The number of halogens is 1. The molecule has 0 aliphatic rings. The number of hydrogen-bond donors (Lipinski definition) is 1. The van der Waals surface area contributed by atoms with Crippen molar-refractivity contribution in [3.63, 3.8) is 0 Å². The maximum absolute atomic E-state index is 11.9. The number of nitrogen functional groups attached to an aromatic ring is 1. The van der Waals surface area contributed by atoms with Gasteiger partial charge in [0.2, 0.25) is 0 Å². The number of anilines is 1. The van der Waals surface area contributed by atoms with Crippen molar-refractivity contribution in [2.45, 2.75) is 6.54 Å². The van der Waals surface area contributed by atoms with Crippen molar-refractivity contribution in [2.75, 3.05) is 5.73 Å². The van der Waals surface area contributed by atoms with Crippen LogP contribution in [-0.4, -0.2) is 4.57 Å². The van der Waals surface area contributed by atoms with Crippen LogP contribution in [0.4, 0.5) is 5.69 Å². The van der Waals surface area contributed by atoms with Crippen LogP contribution in [0, 0.1) is 0 Å². The maximum Gasteiger partial charge on any atom is 0.420 e. The summed E-state index contributed by atoms with van der Waals surface area (Å²) in [5.74, 6) is -0.403. The van der Waals surface area contributed by atoms with Crippen LogP contribution in [0.1, 0.15) is 5.56 Å². The number of fused-ring (bicyclic) bond motifs is 1. The Labute approximate surface area is 114 Å². The fourth-order valence-corrected chi connectivity index (χ4v) is 2.23. The Morgan fingerprint density at radius 3 is 2.84 bits per heavy atom. The topological polar surface area (TPSA) is 61.2 Å². The fourth-order valence-electron chi connectivity index (χ4n) is 2.06. The second-order valence-electron chi connectivity index (χ2n) is 4.31. The first-order valence-electron chi connectivity index (χ1n) is 5.77. The molecule has 4 nitrogen and oxygen atoms in total. The second kappa shape index (κ2) is 4.48. The zero-order chi connectivity index (χ0) is 13.4. The van der Waals surface area contributed by atoms with Gasteiger partial charge in [0.25, 0.3) is 0 Å². The summed E-state index contributed by atoms with van der Waals surface area (Å²) < 4.78 is 6.73. The minimum atomic E-state index is -0.403. The van der Waals surface area contributed by atoms with Crippen LogP contribution in [-0.2, 0) is 6.54 Å². The Morgan fingerprint density at radius 1 is 1.21 bits per heavy atom. The van der Waals surface area contributed by atoms with Crippen molar-refractivity contribution in [1.82, 2.24) is 4.57 Å².